The molecule has 3 heterocycles. The SMILES string of the molecule is CC(C)(C)O[C@H]1[C@H]2[C@H]3[C@H](O[C@H](CO)[C@@H](O)[C@@H]3O)ON2C[C@@H]1O. The fourth-order valence-corrected chi connectivity index (χ4v) is 3.58. The molecule has 3 rings (SSSR count). The average molecular weight is 319 g/mol. The van der Waals surface area contributed by atoms with Crippen molar-refractivity contribution in [1.82, 2.24) is 5.06 Å². The van der Waals surface area contributed by atoms with Gasteiger partial charge in [0, 0.05) is 0 Å². The van der Waals surface area contributed by atoms with E-state index in [0.717, 1.165) is 0 Å². The summed E-state index contributed by atoms with van der Waals surface area (Å²) in [6.45, 7) is 5.51. The zero-order chi connectivity index (χ0) is 16.2. The second kappa shape index (κ2) is 5.64. The number of rotatable bonds is 2. The fraction of sp³-hybridized carbons (Fsp3) is 1.00. The minimum absolute atomic E-state index is 0.244. The first-order valence-electron chi connectivity index (χ1n) is 7.64. The normalized spacial score (nSPS) is 49.2. The first-order chi connectivity index (χ1) is 10.2. The van der Waals surface area contributed by atoms with E-state index in [2.05, 4.69) is 0 Å². The summed E-state index contributed by atoms with van der Waals surface area (Å²) in [6.07, 6.45) is -5.27. The summed E-state index contributed by atoms with van der Waals surface area (Å²) in [5.74, 6) is -0.553. The molecule has 8 nitrogen and oxygen atoms in total. The third kappa shape index (κ3) is 2.67. The lowest BCUT2D eigenvalue weighted by atomic mass is 9.84. The molecule has 3 fully saturated rings. The van der Waals surface area contributed by atoms with Crippen LogP contribution in [0.15, 0.2) is 0 Å². The topological polar surface area (TPSA) is 112 Å². The summed E-state index contributed by atoms with van der Waals surface area (Å²) in [5, 5.41) is 41.5. The van der Waals surface area contributed by atoms with Crippen molar-refractivity contribution in [3.8, 4) is 0 Å². The third-order valence-corrected chi connectivity index (χ3v) is 4.47. The highest BCUT2D eigenvalue weighted by molar-refractivity contribution is 5.05. The van der Waals surface area contributed by atoms with E-state index >= 15 is 0 Å². The number of hydrogen-bond acceptors (Lipinski definition) is 8. The van der Waals surface area contributed by atoms with Gasteiger partial charge in [-0.15, -0.1) is 0 Å². The molecule has 0 unspecified atom stereocenters. The maximum atomic E-state index is 10.4. The van der Waals surface area contributed by atoms with Crippen LogP contribution in [0.25, 0.3) is 0 Å². The molecular weight excluding hydrogens is 294 g/mol. The lowest BCUT2D eigenvalue weighted by Gasteiger charge is -2.41. The summed E-state index contributed by atoms with van der Waals surface area (Å²) < 4.78 is 11.5. The quantitative estimate of drug-likeness (QED) is 0.472. The average Bonchev–Trinajstić information content (AvgIpc) is 2.89. The minimum Gasteiger partial charge on any atom is -0.394 e. The van der Waals surface area contributed by atoms with Crippen molar-refractivity contribution in [1.29, 1.82) is 0 Å². The van der Waals surface area contributed by atoms with E-state index in [1.807, 2.05) is 20.8 Å². The number of aliphatic hydroxyl groups is 4. The summed E-state index contributed by atoms with van der Waals surface area (Å²) in [7, 11) is 0. The zero-order valence-corrected chi connectivity index (χ0v) is 13.0. The minimum atomic E-state index is -1.21. The molecule has 3 aliphatic rings. The van der Waals surface area contributed by atoms with E-state index in [-0.39, 0.29) is 6.54 Å². The van der Waals surface area contributed by atoms with Crippen LogP contribution in [0, 0.1) is 5.92 Å². The molecule has 0 bridgehead atoms. The van der Waals surface area contributed by atoms with Gasteiger partial charge in [-0.05, 0) is 20.8 Å². The number of hydroxylamine groups is 2. The first-order valence-corrected chi connectivity index (χ1v) is 7.64. The van der Waals surface area contributed by atoms with Crippen molar-refractivity contribution in [2.24, 2.45) is 5.92 Å². The molecule has 128 valence electrons. The van der Waals surface area contributed by atoms with Crippen molar-refractivity contribution in [3.05, 3.63) is 0 Å². The van der Waals surface area contributed by atoms with Gasteiger partial charge in [-0.2, -0.15) is 5.06 Å². The Hall–Kier alpha value is -0.320. The molecule has 0 spiro atoms. The van der Waals surface area contributed by atoms with E-state index in [1.54, 1.807) is 5.06 Å². The van der Waals surface area contributed by atoms with Gasteiger partial charge < -0.3 is 29.9 Å². The highest BCUT2D eigenvalue weighted by Gasteiger charge is 2.62. The van der Waals surface area contributed by atoms with Crippen LogP contribution in [-0.4, -0.2) is 87.1 Å². The van der Waals surface area contributed by atoms with Crippen molar-refractivity contribution >= 4 is 0 Å². The van der Waals surface area contributed by atoms with Crippen molar-refractivity contribution in [2.75, 3.05) is 13.2 Å². The molecule has 0 aromatic rings. The van der Waals surface area contributed by atoms with Gasteiger partial charge in [0.05, 0.1) is 42.9 Å². The molecule has 3 saturated heterocycles. The van der Waals surface area contributed by atoms with E-state index < -0.39 is 61.0 Å². The number of fused-ring (bicyclic) bond motifs is 3. The third-order valence-electron chi connectivity index (χ3n) is 4.47. The summed E-state index contributed by atoms with van der Waals surface area (Å²) in [5.41, 5.74) is -0.466. The lowest BCUT2D eigenvalue weighted by Crippen LogP contribution is -2.58. The van der Waals surface area contributed by atoms with Gasteiger partial charge in [0.25, 0.3) is 0 Å². The predicted molar refractivity (Wildman–Crippen MR) is 73.5 cm³/mol. The maximum absolute atomic E-state index is 10.4. The van der Waals surface area contributed by atoms with Crippen LogP contribution in [0.1, 0.15) is 20.8 Å². The van der Waals surface area contributed by atoms with Gasteiger partial charge in [0.2, 0.25) is 0 Å². The number of hydrogen-bond donors (Lipinski definition) is 4. The van der Waals surface area contributed by atoms with Gasteiger partial charge in [-0.3, -0.25) is 4.84 Å². The molecular formula is C14H25NO7. The fourth-order valence-electron chi connectivity index (χ4n) is 3.58. The number of nitrogens with zero attached hydrogens (tertiary/aromatic N) is 1. The molecule has 0 amide bonds. The highest BCUT2D eigenvalue weighted by atomic mass is 16.8. The molecule has 0 radical (unpaired) electrons. The number of ether oxygens (including phenoxy) is 2. The van der Waals surface area contributed by atoms with E-state index in [9.17, 15) is 20.4 Å². The molecule has 8 atom stereocenters. The predicted octanol–water partition coefficient (Wildman–Crippen LogP) is -1.78. The van der Waals surface area contributed by atoms with Crippen LogP contribution in [0.5, 0.6) is 0 Å². The lowest BCUT2D eigenvalue weighted by molar-refractivity contribution is -0.299. The van der Waals surface area contributed by atoms with Crippen LogP contribution in [-0.2, 0) is 14.3 Å². The van der Waals surface area contributed by atoms with E-state index in [0.29, 0.717) is 0 Å². The van der Waals surface area contributed by atoms with Crippen LogP contribution >= 0.6 is 0 Å². The molecule has 22 heavy (non-hydrogen) atoms. The first kappa shape index (κ1) is 16.5. The molecule has 8 heteroatoms. The Morgan fingerprint density at radius 3 is 2.45 bits per heavy atom. The van der Waals surface area contributed by atoms with Crippen LogP contribution in [0.4, 0.5) is 0 Å². The van der Waals surface area contributed by atoms with Gasteiger partial charge >= 0.3 is 0 Å². The van der Waals surface area contributed by atoms with Crippen molar-refractivity contribution < 1.29 is 34.7 Å². The Morgan fingerprint density at radius 1 is 1.18 bits per heavy atom. The highest BCUT2D eigenvalue weighted by Crippen LogP contribution is 2.43. The maximum Gasteiger partial charge on any atom is 0.185 e. The van der Waals surface area contributed by atoms with Gasteiger partial charge in [-0.25, -0.2) is 0 Å². The Bertz CT molecular complexity index is 412. The van der Waals surface area contributed by atoms with Crippen molar-refractivity contribution in [2.45, 2.75) is 69.2 Å². The summed E-state index contributed by atoms with van der Waals surface area (Å²) >= 11 is 0. The molecule has 3 aliphatic heterocycles. The smallest absolute Gasteiger partial charge is 0.185 e. The second-order valence-electron chi connectivity index (χ2n) is 7.24. The van der Waals surface area contributed by atoms with Crippen molar-refractivity contribution in [3.63, 3.8) is 0 Å². The molecule has 0 saturated carbocycles. The molecule has 4 N–H and O–H groups in total. The van der Waals surface area contributed by atoms with Gasteiger partial charge in [-0.1, -0.05) is 0 Å². The van der Waals surface area contributed by atoms with Gasteiger partial charge in [0.15, 0.2) is 6.29 Å². The van der Waals surface area contributed by atoms with Crippen LogP contribution < -0.4 is 0 Å². The summed E-state index contributed by atoms with van der Waals surface area (Å²) in [4.78, 5) is 5.64. The van der Waals surface area contributed by atoms with Crippen LogP contribution in [0.3, 0.4) is 0 Å². The zero-order valence-electron chi connectivity index (χ0n) is 13.0. The van der Waals surface area contributed by atoms with E-state index in [4.69, 9.17) is 14.3 Å². The molecule has 0 aromatic heterocycles. The van der Waals surface area contributed by atoms with Crippen LogP contribution in [0.2, 0.25) is 0 Å². The monoisotopic (exact) mass is 319 g/mol. The Balaban J connectivity index is 1.83. The molecule has 0 aliphatic carbocycles. The number of aliphatic hydroxyl groups excluding tert-OH is 4. The largest absolute Gasteiger partial charge is 0.394 e. The second-order valence-corrected chi connectivity index (χ2v) is 7.24. The molecule has 0 aromatic carbocycles. The Morgan fingerprint density at radius 2 is 1.86 bits per heavy atom. The van der Waals surface area contributed by atoms with Gasteiger partial charge in [0.1, 0.15) is 18.3 Å². The Kier molecular flexibility index (Phi) is 4.24. The summed E-state index contributed by atoms with van der Waals surface area (Å²) in [6, 6.07) is -0.413. The Labute approximate surface area is 129 Å². The van der Waals surface area contributed by atoms with E-state index in [1.165, 1.54) is 0 Å². The standard InChI is InChI=1S/C14H25NO7/c1-14(2,3)21-12-6(17)4-15-9(12)8-11(19)10(18)7(5-16)20-13(8)22-15/h6-13,16-19H,4-5H2,1-3H3/t6-,7+,8+,9+,10+,11+,12+,13+/m0/s1.